The Labute approximate surface area is 327 Å². The third-order valence-electron chi connectivity index (χ3n) is 11.2. The molecular weight excluding hydrogens is 667 g/mol. The van der Waals surface area contributed by atoms with E-state index < -0.39 is 23.5 Å². The summed E-state index contributed by atoms with van der Waals surface area (Å²) in [6.45, 7) is 0. The fraction of sp³-hybridized carbons (Fsp3) is 0.0189. The van der Waals surface area contributed by atoms with Gasteiger partial charge < -0.3 is 9.32 Å². The lowest BCUT2D eigenvalue weighted by molar-refractivity contribution is 0.673. The molecule has 0 amide bonds. The minimum atomic E-state index is -0.708. The first-order valence-electron chi connectivity index (χ1n) is 21.0. The number of benzene rings is 9. The summed E-state index contributed by atoms with van der Waals surface area (Å²) in [5, 5.41) is 4.13. The summed E-state index contributed by atoms with van der Waals surface area (Å²) < 4.78 is 51.3. The molecule has 2 heteroatoms. The third-order valence-corrected chi connectivity index (χ3v) is 11.2. The zero-order chi connectivity index (χ0) is 40.7. The van der Waals surface area contributed by atoms with Crippen LogP contribution in [-0.2, 0) is 5.41 Å². The minimum absolute atomic E-state index is 0.0667. The van der Waals surface area contributed by atoms with E-state index in [9.17, 15) is 2.74 Å². The predicted molar refractivity (Wildman–Crippen MR) is 229 cm³/mol. The number of nitrogens with zero attached hydrogens (tertiary/aromatic N) is 1. The van der Waals surface area contributed by atoms with Gasteiger partial charge in [0.25, 0.3) is 0 Å². The summed E-state index contributed by atoms with van der Waals surface area (Å²) in [6, 6.07) is 60.5. The van der Waals surface area contributed by atoms with Gasteiger partial charge in [0.05, 0.1) is 12.3 Å². The van der Waals surface area contributed by atoms with Crippen LogP contribution in [0.3, 0.4) is 0 Å². The second-order valence-corrected chi connectivity index (χ2v) is 14.1. The fourth-order valence-corrected chi connectivity index (χ4v) is 8.94. The van der Waals surface area contributed by atoms with Gasteiger partial charge in [-0.05, 0) is 98.4 Å². The number of para-hydroxylation sites is 1. The maximum absolute atomic E-state index is 9.30. The second-order valence-electron chi connectivity index (χ2n) is 14.1. The van der Waals surface area contributed by atoms with E-state index in [1.54, 1.807) is 0 Å². The first-order valence-corrected chi connectivity index (χ1v) is 18.5. The summed E-state index contributed by atoms with van der Waals surface area (Å²) in [6.07, 6.45) is 0. The van der Waals surface area contributed by atoms with Crippen LogP contribution in [0, 0.1) is 0 Å². The van der Waals surface area contributed by atoms with Gasteiger partial charge in [-0.3, -0.25) is 0 Å². The van der Waals surface area contributed by atoms with Gasteiger partial charge in [-0.1, -0.05) is 164 Å². The van der Waals surface area contributed by atoms with Gasteiger partial charge in [0, 0.05) is 33.2 Å². The second kappa shape index (κ2) is 12.5. The van der Waals surface area contributed by atoms with E-state index in [1.807, 2.05) is 71.6 Å². The normalized spacial score (nSPS) is 14.1. The molecule has 0 saturated heterocycles. The molecule has 55 heavy (non-hydrogen) atoms. The predicted octanol–water partition coefficient (Wildman–Crippen LogP) is 14.2. The van der Waals surface area contributed by atoms with Crippen molar-refractivity contribution in [1.29, 1.82) is 0 Å². The molecule has 0 unspecified atom stereocenters. The van der Waals surface area contributed by atoms with Gasteiger partial charge in [-0.25, -0.2) is 0 Å². The zero-order valence-corrected chi connectivity index (χ0v) is 29.7. The van der Waals surface area contributed by atoms with Crippen LogP contribution in [0.2, 0.25) is 0 Å². The Kier molecular flexibility index (Phi) is 6.03. The zero-order valence-electron chi connectivity index (χ0n) is 34.7. The highest BCUT2D eigenvalue weighted by Crippen LogP contribution is 2.57. The summed E-state index contributed by atoms with van der Waals surface area (Å²) in [4.78, 5) is 1.83. The molecule has 0 aliphatic heterocycles. The molecule has 0 atom stereocenters. The third kappa shape index (κ3) is 4.75. The van der Waals surface area contributed by atoms with E-state index in [1.165, 1.54) is 0 Å². The summed E-state index contributed by atoms with van der Waals surface area (Å²) in [5.74, 6) is 0. The lowest BCUT2D eigenvalue weighted by Gasteiger charge is -2.35. The average molecular weight is 707 g/mol. The SMILES string of the molecule is [2H]c1c([2H])c([2H])c(N(c2cccc(-c3cccc4oc5c6ccccc6ccc5c34)c2)c2ccc3c(c2)C(c2ccccc2)(c2ccccc2)c2ccccc2-3)c([2H])c1[2H]. The first kappa shape index (κ1) is 26.6. The van der Waals surface area contributed by atoms with Gasteiger partial charge in [0.15, 0.2) is 0 Å². The van der Waals surface area contributed by atoms with Crippen molar-refractivity contribution in [3.63, 3.8) is 0 Å². The molecule has 1 aliphatic carbocycles. The number of anilines is 3. The lowest BCUT2D eigenvalue weighted by Crippen LogP contribution is -2.28. The largest absolute Gasteiger partial charge is 0.455 e. The molecule has 258 valence electrons. The molecular formula is C53H35NO. The highest BCUT2D eigenvalue weighted by Gasteiger charge is 2.46. The standard InChI is InChI=1S/C53H35NO/c1-4-18-38(19-5-1)53(39-20-6-2-7-21-39)48-28-13-12-26-45(48)46-33-31-42(35-49(46)53)54(40-22-8-3-9-23-40)41-24-14-17-37(34-41)43-27-15-29-50-51(43)47-32-30-36-16-10-11-25-44(36)52(47)55-50/h1-35H/i3D,8D,9D,22D,23D. The number of furan rings is 1. The number of fused-ring (bicyclic) bond motifs is 8. The van der Waals surface area contributed by atoms with Crippen LogP contribution in [0.15, 0.2) is 217 Å². The molecule has 0 radical (unpaired) electrons. The fourth-order valence-electron chi connectivity index (χ4n) is 8.94. The van der Waals surface area contributed by atoms with Crippen molar-refractivity contribution in [2.75, 3.05) is 4.90 Å². The van der Waals surface area contributed by atoms with Gasteiger partial charge in [0.1, 0.15) is 11.2 Å². The molecule has 1 heterocycles. The molecule has 11 rings (SSSR count). The van der Waals surface area contributed by atoms with Gasteiger partial charge in [0.2, 0.25) is 0 Å². The van der Waals surface area contributed by atoms with Crippen molar-refractivity contribution in [1.82, 2.24) is 0 Å². The Morgan fingerprint density at radius 2 is 1.13 bits per heavy atom. The average Bonchev–Trinajstić information content (AvgIpc) is 3.84. The maximum atomic E-state index is 9.30. The van der Waals surface area contributed by atoms with E-state index in [4.69, 9.17) is 8.53 Å². The monoisotopic (exact) mass is 706 g/mol. The Morgan fingerprint density at radius 1 is 0.455 bits per heavy atom. The van der Waals surface area contributed by atoms with Crippen molar-refractivity contribution >= 4 is 49.8 Å². The van der Waals surface area contributed by atoms with Crippen molar-refractivity contribution < 1.29 is 11.3 Å². The van der Waals surface area contributed by atoms with E-state index in [-0.39, 0.29) is 17.8 Å². The molecule has 0 fully saturated rings. The molecule has 2 nitrogen and oxygen atoms in total. The van der Waals surface area contributed by atoms with Crippen molar-refractivity contribution in [3.05, 3.63) is 234 Å². The van der Waals surface area contributed by atoms with E-state index in [2.05, 4.69) is 115 Å². The van der Waals surface area contributed by atoms with E-state index in [0.29, 0.717) is 11.4 Å². The molecule has 9 aromatic carbocycles. The smallest absolute Gasteiger partial charge is 0.143 e. The first-order chi connectivity index (χ1) is 29.4. The summed E-state index contributed by atoms with van der Waals surface area (Å²) in [5.41, 5.74) is 10.7. The molecule has 0 bridgehead atoms. The van der Waals surface area contributed by atoms with Crippen LogP contribution in [-0.4, -0.2) is 0 Å². The Morgan fingerprint density at radius 3 is 1.95 bits per heavy atom. The quantitative estimate of drug-likeness (QED) is 0.171. The van der Waals surface area contributed by atoms with Crippen LogP contribution in [0.1, 0.15) is 29.1 Å². The van der Waals surface area contributed by atoms with Crippen LogP contribution in [0.25, 0.3) is 55.0 Å². The molecule has 10 aromatic rings. The van der Waals surface area contributed by atoms with E-state index in [0.717, 1.165) is 77.2 Å². The molecule has 0 saturated carbocycles. The maximum Gasteiger partial charge on any atom is 0.143 e. The number of hydrogen-bond acceptors (Lipinski definition) is 2. The van der Waals surface area contributed by atoms with Gasteiger partial charge >= 0.3 is 0 Å². The molecule has 0 N–H and O–H groups in total. The van der Waals surface area contributed by atoms with Crippen molar-refractivity contribution in [2.24, 2.45) is 0 Å². The minimum Gasteiger partial charge on any atom is -0.455 e. The topological polar surface area (TPSA) is 16.4 Å². The number of hydrogen-bond donors (Lipinski definition) is 0. The Hall–Kier alpha value is -7.16. The van der Waals surface area contributed by atoms with Crippen LogP contribution >= 0.6 is 0 Å². The Bertz CT molecular complexity index is 3270. The summed E-state index contributed by atoms with van der Waals surface area (Å²) in [7, 11) is 0. The molecule has 0 spiro atoms. The summed E-state index contributed by atoms with van der Waals surface area (Å²) >= 11 is 0. The van der Waals surface area contributed by atoms with Gasteiger partial charge in [-0.2, -0.15) is 0 Å². The van der Waals surface area contributed by atoms with Crippen LogP contribution < -0.4 is 4.90 Å². The van der Waals surface area contributed by atoms with Crippen molar-refractivity contribution in [3.8, 4) is 22.3 Å². The highest BCUT2D eigenvalue weighted by atomic mass is 16.3. The Balaban J connectivity index is 1.18. The van der Waals surface area contributed by atoms with Gasteiger partial charge in [-0.15, -0.1) is 0 Å². The molecule has 1 aliphatic rings. The number of rotatable bonds is 6. The highest BCUT2D eigenvalue weighted by molar-refractivity contribution is 6.19. The van der Waals surface area contributed by atoms with Crippen LogP contribution in [0.5, 0.6) is 0 Å². The van der Waals surface area contributed by atoms with Crippen molar-refractivity contribution in [2.45, 2.75) is 5.41 Å². The van der Waals surface area contributed by atoms with Crippen LogP contribution in [0.4, 0.5) is 17.1 Å². The lowest BCUT2D eigenvalue weighted by atomic mass is 9.67. The van der Waals surface area contributed by atoms with E-state index >= 15 is 0 Å². The molecule has 1 aromatic heterocycles.